The molecule has 0 aromatic heterocycles. The molecule has 2 heterocycles. The Bertz CT molecular complexity index is 333. The van der Waals surface area contributed by atoms with Crippen LogP contribution in [0, 0.1) is 5.92 Å². The molecule has 19 heavy (non-hydrogen) atoms. The summed E-state index contributed by atoms with van der Waals surface area (Å²) in [6, 6.07) is 0.282. The summed E-state index contributed by atoms with van der Waals surface area (Å²) in [5.74, 6) is -2.15. The highest BCUT2D eigenvalue weighted by atomic mass is 19.3. The number of hydrogen-bond acceptors (Lipinski definition) is 2. The lowest BCUT2D eigenvalue weighted by Crippen LogP contribution is -2.49. The Balaban J connectivity index is 1.91. The molecule has 1 unspecified atom stereocenters. The number of alkyl halides is 2. The van der Waals surface area contributed by atoms with Crippen molar-refractivity contribution in [3.05, 3.63) is 0 Å². The van der Waals surface area contributed by atoms with E-state index in [9.17, 15) is 13.6 Å². The van der Waals surface area contributed by atoms with Crippen molar-refractivity contribution in [3.63, 3.8) is 0 Å². The Kier molecular flexibility index (Phi) is 4.43. The maximum atomic E-state index is 13.1. The van der Waals surface area contributed by atoms with Gasteiger partial charge in [-0.15, -0.1) is 0 Å². The van der Waals surface area contributed by atoms with E-state index in [4.69, 9.17) is 0 Å². The van der Waals surface area contributed by atoms with Crippen LogP contribution in [0.4, 0.5) is 8.78 Å². The zero-order chi connectivity index (χ0) is 14.0. The lowest BCUT2D eigenvalue weighted by molar-refractivity contribution is -0.137. The van der Waals surface area contributed by atoms with Crippen LogP contribution in [0.15, 0.2) is 0 Å². The number of hydrogen-bond donors (Lipinski definition) is 0. The van der Waals surface area contributed by atoms with Crippen LogP contribution in [0.2, 0.25) is 0 Å². The van der Waals surface area contributed by atoms with Gasteiger partial charge in [0.2, 0.25) is 5.91 Å². The first-order valence-corrected chi connectivity index (χ1v) is 7.29. The number of piperidine rings is 1. The molecule has 2 aliphatic heterocycles. The van der Waals surface area contributed by atoms with Gasteiger partial charge < -0.3 is 4.90 Å². The molecule has 2 aliphatic rings. The van der Waals surface area contributed by atoms with Gasteiger partial charge in [-0.1, -0.05) is 13.8 Å². The molecular formula is C14H24F2N2O. The molecule has 0 N–H and O–H groups in total. The van der Waals surface area contributed by atoms with Gasteiger partial charge in [0, 0.05) is 25.6 Å². The van der Waals surface area contributed by atoms with E-state index in [1.165, 1.54) is 0 Å². The van der Waals surface area contributed by atoms with Crippen LogP contribution in [0.3, 0.4) is 0 Å². The van der Waals surface area contributed by atoms with Crippen molar-refractivity contribution in [1.82, 2.24) is 9.80 Å². The van der Waals surface area contributed by atoms with Crippen LogP contribution in [-0.4, -0.2) is 53.9 Å². The summed E-state index contributed by atoms with van der Waals surface area (Å²) < 4.78 is 26.3. The van der Waals surface area contributed by atoms with Crippen LogP contribution in [-0.2, 0) is 4.79 Å². The molecule has 0 spiro atoms. The molecule has 2 fully saturated rings. The predicted octanol–water partition coefficient (Wildman–Crippen LogP) is 2.36. The van der Waals surface area contributed by atoms with Crippen LogP contribution in [0.5, 0.6) is 0 Å². The van der Waals surface area contributed by atoms with E-state index in [1.807, 2.05) is 4.90 Å². The third-order valence-corrected chi connectivity index (χ3v) is 4.25. The van der Waals surface area contributed by atoms with Crippen LogP contribution in [0.1, 0.15) is 39.5 Å². The lowest BCUT2D eigenvalue weighted by Gasteiger charge is -2.39. The minimum atomic E-state index is -2.61. The highest BCUT2D eigenvalue weighted by Gasteiger charge is 2.39. The molecule has 1 atom stereocenters. The highest BCUT2D eigenvalue weighted by molar-refractivity contribution is 5.78. The zero-order valence-electron chi connectivity index (χ0n) is 11.9. The summed E-state index contributed by atoms with van der Waals surface area (Å²) in [7, 11) is 0. The molecule has 0 aliphatic carbocycles. The van der Waals surface area contributed by atoms with Gasteiger partial charge in [-0.05, 0) is 25.2 Å². The topological polar surface area (TPSA) is 23.6 Å². The summed E-state index contributed by atoms with van der Waals surface area (Å²) in [5, 5.41) is 0. The Labute approximate surface area is 113 Å². The molecule has 5 heteroatoms. The SMILES string of the molecule is CC(C)C1CCCCN1C(=O)CN1CCC(F)(F)C1. The van der Waals surface area contributed by atoms with Gasteiger partial charge in [-0.3, -0.25) is 9.69 Å². The second-order valence-corrected chi connectivity index (χ2v) is 6.21. The van der Waals surface area contributed by atoms with Gasteiger partial charge in [0.1, 0.15) is 0 Å². The van der Waals surface area contributed by atoms with Crippen LogP contribution < -0.4 is 0 Å². The Morgan fingerprint density at radius 2 is 2.05 bits per heavy atom. The molecule has 3 nitrogen and oxygen atoms in total. The van der Waals surface area contributed by atoms with Crippen LogP contribution >= 0.6 is 0 Å². The molecule has 0 bridgehead atoms. The fourth-order valence-electron chi connectivity index (χ4n) is 3.18. The minimum absolute atomic E-state index is 0.0242. The van der Waals surface area contributed by atoms with Crippen molar-refractivity contribution in [3.8, 4) is 0 Å². The first-order valence-electron chi connectivity index (χ1n) is 7.29. The molecule has 0 aromatic carbocycles. The first kappa shape index (κ1) is 14.7. The van der Waals surface area contributed by atoms with Crippen molar-refractivity contribution in [2.24, 2.45) is 5.92 Å². The van der Waals surface area contributed by atoms with Gasteiger partial charge in [0.25, 0.3) is 5.92 Å². The van der Waals surface area contributed by atoms with E-state index in [1.54, 1.807) is 4.90 Å². The highest BCUT2D eigenvalue weighted by Crippen LogP contribution is 2.28. The Morgan fingerprint density at radius 3 is 2.63 bits per heavy atom. The summed E-state index contributed by atoms with van der Waals surface area (Å²) in [6.45, 7) is 5.25. The van der Waals surface area contributed by atoms with Crippen LogP contribution in [0.25, 0.3) is 0 Å². The number of carbonyl (C=O) groups is 1. The number of rotatable bonds is 3. The molecule has 1 amide bonds. The summed E-state index contributed by atoms with van der Waals surface area (Å²) in [5.41, 5.74) is 0. The normalized spacial score (nSPS) is 28.1. The molecule has 0 saturated carbocycles. The van der Waals surface area contributed by atoms with E-state index < -0.39 is 5.92 Å². The number of carbonyl (C=O) groups excluding carboxylic acids is 1. The number of likely N-dealkylation sites (tertiary alicyclic amines) is 2. The monoisotopic (exact) mass is 274 g/mol. The fourth-order valence-corrected chi connectivity index (χ4v) is 3.18. The molecule has 0 aromatic rings. The lowest BCUT2D eigenvalue weighted by atomic mass is 9.92. The molecule has 2 rings (SSSR count). The van der Waals surface area contributed by atoms with Gasteiger partial charge in [-0.25, -0.2) is 8.78 Å². The Hall–Kier alpha value is -0.710. The number of halogens is 2. The first-order chi connectivity index (χ1) is 8.89. The fraction of sp³-hybridized carbons (Fsp3) is 0.929. The quantitative estimate of drug-likeness (QED) is 0.789. The maximum Gasteiger partial charge on any atom is 0.261 e. The standard InChI is InChI=1S/C14H24F2N2O/c1-11(2)12-5-3-4-7-18(12)13(19)9-17-8-6-14(15,16)10-17/h11-12H,3-10H2,1-2H3. The molecule has 110 valence electrons. The third kappa shape index (κ3) is 3.65. The van der Waals surface area contributed by atoms with Gasteiger partial charge >= 0.3 is 0 Å². The second kappa shape index (κ2) is 5.73. The third-order valence-electron chi connectivity index (χ3n) is 4.25. The van der Waals surface area contributed by atoms with E-state index >= 15 is 0 Å². The van der Waals surface area contributed by atoms with Crippen molar-refractivity contribution in [2.45, 2.75) is 51.5 Å². The number of amides is 1. The van der Waals surface area contributed by atoms with E-state index in [0.717, 1.165) is 25.8 Å². The second-order valence-electron chi connectivity index (χ2n) is 6.21. The van der Waals surface area contributed by atoms with Gasteiger partial charge in [0.05, 0.1) is 13.1 Å². The Morgan fingerprint density at radius 1 is 1.32 bits per heavy atom. The zero-order valence-corrected chi connectivity index (χ0v) is 11.9. The summed E-state index contributed by atoms with van der Waals surface area (Å²) >= 11 is 0. The summed E-state index contributed by atoms with van der Waals surface area (Å²) in [4.78, 5) is 15.8. The average Bonchev–Trinajstić information content (AvgIpc) is 2.68. The predicted molar refractivity (Wildman–Crippen MR) is 70.2 cm³/mol. The van der Waals surface area contributed by atoms with Crippen molar-refractivity contribution >= 4 is 5.91 Å². The summed E-state index contributed by atoms with van der Waals surface area (Å²) in [6.07, 6.45) is 3.12. The molecule has 2 saturated heterocycles. The average molecular weight is 274 g/mol. The minimum Gasteiger partial charge on any atom is -0.338 e. The molecule has 0 radical (unpaired) electrons. The van der Waals surface area contributed by atoms with Gasteiger partial charge in [-0.2, -0.15) is 0 Å². The maximum absolute atomic E-state index is 13.1. The van der Waals surface area contributed by atoms with E-state index in [2.05, 4.69) is 13.8 Å². The molecular weight excluding hydrogens is 250 g/mol. The van der Waals surface area contributed by atoms with Gasteiger partial charge in [0.15, 0.2) is 0 Å². The van der Waals surface area contributed by atoms with E-state index in [-0.39, 0.29) is 31.5 Å². The van der Waals surface area contributed by atoms with Crippen molar-refractivity contribution in [2.75, 3.05) is 26.2 Å². The smallest absolute Gasteiger partial charge is 0.261 e. The van der Waals surface area contributed by atoms with Crippen molar-refractivity contribution < 1.29 is 13.6 Å². The van der Waals surface area contributed by atoms with Crippen molar-refractivity contribution in [1.29, 1.82) is 0 Å². The largest absolute Gasteiger partial charge is 0.338 e. The van der Waals surface area contributed by atoms with E-state index in [0.29, 0.717) is 12.5 Å². The number of nitrogens with zero attached hydrogens (tertiary/aromatic N) is 2.